The van der Waals surface area contributed by atoms with Crippen LogP contribution in [0, 0.1) is 6.92 Å². The molecule has 0 bridgehead atoms. The maximum atomic E-state index is 5.41. The molecule has 0 saturated heterocycles. The number of aromatic nitrogens is 5. The molecule has 0 amide bonds. The molecule has 10 heteroatoms. The van der Waals surface area contributed by atoms with Crippen molar-refractivity contribution in [1.29, 1.82) is 0 Å². The monoisotopic (exact) mass is 506 g/mol. The molecule has 2 heterocycles. The van der Waals surface area contributed by atoms with Crippen LogP contribution < -0.4 is 16.0 Å². The van der Waals surface area contributed by atoms with Crippen LogP contribution in [0.15, 0.2) is 59.8 Å². The summed E-state index contributed by atoms with van der Waals surface area (Å²) in [6.45, 7) is 6.16. The number of nitrogens with one attached hydrogen (secondary N) is 3. The summed E-state index contributed by atoms with van der Waals surface area (Å²) < 4.78 is 1.87. The van der Waals surface area contributed by atoms with E-state index in [2.05, 4.69) is 64.4 Å². The number of thiocarbonyl (C=S) groups is 1. The molecule has 0 aliphatic rings. The molecule has 4 rings (SSSR count). The first-order valence-electron chi connectivity index (χ1n) is 11.8. The fraction of sp³-hybridized carbons (Fsp3) is 0.320. The molecule has 0 saturated carbocycles. The third-order valence-electron chi connectivity index (χ3n) is 5.25. The minimum Gasteiger partial charge on any atom is -0.366 e. The van der Waals surface area contributed by atoms with Crippen LogP contribution in [-0.4, -0.2) is 48.9 Å². The van der Waals surface area contributed by atoms with Gasteiger partial charge < -0.3 is 16.0 Å². The number of benzene rings is 2. The van der Waals surface area contributed by atoms with E-state index in [0.717, 1.165) is 35.1 Å². The van der Waals surface area contributed by atoms with E-state index in [1.807, 2.05) is 35.0 Å². The zero-order chi connectivity index (χ0) is 24.5. The Labute approximate surface area is 215 Å². The van der Waals surface area contributed by atoms with Crippen LogP contribution in [0.5, 0.6) is 0 Å². The van der Waals surface area contributed by atoms with E-state index in [1.54, 1.807) is 11.8 Å². The van der Waals surface area contributed by atoms with Gasteiger partial charge in [-0.2, -0.15) is 0 Å². The van der Waals surface area contributed by atoms with Crippen molar-refractivity contribution < 1.29 is 0 Å². The van der Waals surface area contributed by atoms with Crippen molar-refractivity contribution in [2.24, 2.45) is 0 Å². The Morgan fingerprint density at radius 3 is 2.60 bits per heavy atom. The Balaban J connectivity index is 1.39. The Bertz CT molecular complexity index is 1240. The van der Waals surface area contributed by atoms with Crippen LogP contribution in [0.1, 0.15) is 24.5 Å². The SMILES string of the molecule is CCCSc1nc(NCCNC(=S)Nc2ccc(C)cc2)c2nnn(CCc3ccccc3)c2n1. The predicted octanol–water partition coefficient (Wildman–Crippen LogP) is 4.67. The normalized spacial score (nSPS) is 10.9. The van der Waals surface area contributed by atoms with Crippen LogP contribution >= 0.6 is 24.0 Å². The molecule has 0 atom stereocenters. The number of anilines is 2. The topological polar surface area (TPSA) is 92.6 Å². The first kappa shape index (κ1) is 24.9. The molecule has 2 aromatic heterocycles. The van der Waals surface area contributed by atoms with Crippen LogP contribution in [-0.2, 0) is 13.0 Å². The average Bonchev–Trinajstić information content (AvgIpc) is 3.29. The fourth-order valence-electron chi connectivity index (χ4n) is 3.42. The highest BCUT2D eigenvalue weighted by Gasteiger charge is 2.15. The Kier molecular flexibility index (Phi) is 8.85. The second kappa shape index (κ2) is 12.5. The number of thioether (sulfide) groups is 1. The van der Waals surface area contributed by atoms with Crippen LogP contribution in [0.3, 0.4) is 0 Å². The van der Waals surface area contributed by atoms with Gasteiger partial charge in [-0.25, -0.2) is 14.6 Å². The highest BCUT2D eigenvalue weighted by molar-refractivity contribution is 7.99. The van der Waals surface area contributed by atoms with Gasteiger partial charge in [0.25, 0.3) is 0 Å². The maximum Gasteiger partial charge on any atom is 0.191 e. The zero-order valence-corrected chi connectivity index (χ0v) is 21.6. The smallest absolute Gasteiger partial charge is 0.191 e. The molecule has 0 unspecified atom stereocenters. The predicted molar refractivity (Wildman–Crippen MR) is 148 cm³/mol. The van der Waals surface area contributed by atoms with Gasteiger partial charge in [0.15, 0.2) is 27.3 Å². The van der Waals surface area contributed by atoms with Crippen molar-refractivity contribution >= 4 is 51.8 Å². The Hall–Kier alpha value is -3.24. The standard InChI is InChI=1S/C25H30N8S2/c1-3-17-35-25-29-22(26-14-15-27-24(34)28-20-11-9-18(2)10-12-20)21-23(30-25)33(32-31-21)16-13-19-7-5-4-6-8-19/h4-12H,3,13-17H2,1-2H3,(H,26,29,30)(H2,27,28,34). The molecule has 0 aliphatic heterocycles. The van der Waals surface area contributed by atoms with Gasteiger partial charge in [-0.15, -0.1) is 5.10 Å². The quantitative estimate of drug-likeness (QED) is 0.116. The van der Waals surface area contributed by atoms with E-state index >= 15 is 0 Å². The van der Waals surface area contributed by atoms with Gasteiger partial charge in [-0.1, -0.05) is 71.9 Å². The van der Waals surface area contributed by atoms with Gasteiger partial charge in [0, 0.05) is 31.1 Å². The first-order chi connectivity index (χ1) is 17.1. The van der Waals surface area contributed by atoms with Crippen molar-refractivity contribution in [1.82, 2.24) is 30.3 Å². The van der Waals surface area contributed by atoms with Gasteiger partial charge in [-0.05, 0) is 49.7 Å². The summed E-state index contributed by atoms with van der Waals surface area (Å²) in [5.41, 5.74) is 4.86. The highest BCUT2D eigenvalue weighted by atomic mass is 32.2. The van der Waals surface area contributed by atoms with Gasteiger partial charge in [-0.3, -0.25) is 0 Å². The second-order valence-corrected chi connectivity index (χ2v) is 9.57. The van der Waals surface area contributed by atoms with E-state index < -0.39 is 0 Å². The van der Waals surface area contributed by atoms with E-state index in [1.165, 1.54) is 11.1 Å². The lowest BCUT2D eigenvalue weighted by atomic mass is 10.1. The molecule has 3 N–H and O–H groups in total. The zero-order valence-electron chi connectivity index (χ0n) is 20.0. The minimum atomic E-state index is 0.578. The first-order valence-corrected chi connectivity index (χ1v) is 13.1. The molecule has 0 radical (unpaired) electrons. The molecule has 35 heavy (non-hydrogen) atoms. The molecule has 4 aromatic rings. The number of nitrogens with zero attached hydrogens (tertiary/aromatic N) is 5. The van der Waals surface area contributed by atoms with Gasteiger partial charge >= 0.3 is 0 Å². The van der Waals surface area contributed by atoms with Crippen molar-refractivity contribution in [2.45, 2.75) is 38.4 Å². The van der Waals surface area contributed by atoms with E-state index in [-0.39, 0.29) is 0 Å². The lowest BCUT2D eigenvalue weighted by molar-refractivity contribution is 0.600. The van der Waals surface area contributed by atoms with Gasteiger partial charge in [0.2, 0.25) is 0 Å². The highest BCUT2D eigenvalue weighted by Crippen LogP contribution is 2.23. The molecular weight excluding hydrogens is 476 g/mol. The van der Waals surface area contributed by atoms with Crippen molar-refractivity contribution in [2.75, 3.05) is 29.5 Å². The summed E-state index contributed by atoms with van der Waals surface area (Å²) in [7, 11) is 0. The third kappa shape index (κ3) is 7.12. The molecule has 0 fully saturated rings. The van der Waals surface area contributed by atoms with Crippen LogP contribution in [0.2, 0.25) is 0 Å². The van der Waals surface area contributed by atoms with Gasteiger partial charge in [0.05, 0.1) is 0 Å². The maximum absolute atomic E-state index is 5.41. The second-order valence-electron chi connectivity index (χ2n) is 8.10. The molecular formula is C25H30N8S2. The van der Waals surface area contributed by atoms with Crippen molar-refractivity contribution in [3.8, 4) is 0 Å². The number of aryl methyl sites for hydroxylation is 3. The summed E-state index contributed by atoms with van der Waals surface area (Å²) in [5.74, 6) is 1.65. The van der Waals surface area contributed by atoms with Crippen molar-refractivity contribution in [3.05, 3.63) is 65.7 Å². The molecule has 0 aliphatic carbocycles. The van der Waals surface area contributed by atoms with E-state index in [0.29, 0.717) is 36.1 Å². The number of hydrogen-bond acceptors (Lipinski definition) is 7. The third-order valence-corrected chi connectivity index (χ3v) is 6.54. The van der Waals surface area contributed by atoms with Crippen molar-refractivity contribution in [3.63, 3.8) is 0 Å². The number of fused-ring (bicyclic) bond motifs is 1. The summed E-state index contributed by atoms with van der Waals surface area (Å²) in [5, 5.41) is 19.9. The summed E-state index contributed by atoms with van der Waals surface area (Å²) in [6.07, 6.45) is 1.91. The molecule has 0 spiro atoms. The molecule has 182 valence electrons. The van der Waals surface area contributed by atoms with E-state index in [4.69, 9.17) is 22.2 Å². The Morgan fingerprint density at radius 2 is 1.83 bits per heavy atom. The molecule has 2 aromatic carbocycles. The minimum absolute atomic E-state index is 0.578. The average molecular weight is 507 g/mol. The summed E-state index contributed by atoms with van der Waals surface area (Å²) >= 11 is 7.06. The summed E-state index contributed by atoms with van der Waals surface area (Å²) in [4.78, 5) is 9.47. The summed E-state index contributed by atoms with van der Waals surface area (Å²) in [6, 6.07) is 18.5. The number of rotatable bonds is 11. The van der Waals surface area contributed by atoms with Crippen LogP contribution in [0.4, 0.5) is 11.5 Å². The lowest BCUT2D eigenvalue weighted by Gasteiger charge is -2.12. The molecule has 8 nitrogen and oxygen atoms in total. The number of hydrogen-bond donors (Lipinski definition) is 3. The largest absolute Gasteiger partial charge is 0.366 e. The van der Waals surface area contributed by atoms with Gasteiger partial charge in [0.1, 0.15) is 0 Å². The Morgan fingerprint density at radius 1 is 1.03 bits per heavy atom. The lowest BCUT2D eigenvalue weighted by Crippen LogP contribution is -2.32. The fourth-order valence-corrected chi connectivity index (χ4v) is 4.33. The van der Waals surface area contributed by atoms with E-state index in [9.17, 15) is 0 Å². The van der Waals surface area contributed by atoms with Crippen LogP contribution in [0.25, 0.3) is 11.2 Å².